The molecule has 0 unspecified atom stereocenters. The first-order chi connectivity index (χ1) is 6.42. The number of alkyl halides is 3. The predicted octanol–water partition coefficient (Wildman–Crippen LogP) is 2.95. The zero-order valence-corrected chi connectivity index (χ0v) is 8.71. The molecule has 1 aromatic rings. The van der Waals surface area contributed by atoms with Crippen molar-refractivity contribution in [3.8, 4) is 5.75 Å². The maximum Gasteiger partial charge on any atom is 0.573 e. The summed E-state index contributed by atoms with van der Waals surface area (Å²) in [5, 5.41) is 0.0502. The number of rotatable bonds is 2. The van der Waals surface area contributed by atoms with Gasteiger partial charge in [-0.1, -0.05) is 11.6 Å². The second kappa shape index (κ2) is 5.29. The Labute approximate surface area is 94.7 Å². The molecule has 0 saturated heterocycles. The van der Waals surface area contributed by atoms with E-state index in [1.54, 1.807) is 0 Å². The minimum absolute atomic E-state index is 0. The third kappa shape index (κ3) is 4.46. The van der Waals surface area contributed by atoms with E-state index in [0.29, 0.717) is 5.69 Å². The highest BCUT2D eigenvalue weighted by molar-refractivity contribution is 6.33. The first-order valence-corrected chi connectivity index (χ1v) is 3.82. The molecule has 15 heavy (non-hydrogen) atoms. The Morgan fingerprint density at radius 3 is 2.33 bits per heavy atom. The van der Waals surface area contributed by atoms with Crippen molar-refractivity contribution >= 4 is 29.7 Å². The van der Waals surface area contributed by atoms with E-state index < -0.39 is 6.36 Å². The Balaban J connectivity index is 0.00000196. The van der Waals surface area contributed by atoms with Crippen molar-refractivity contribution in [2.75, 3.05) is 5.43 Å². The fourth-order valence-corrected chi connectivity index (χ4v) is 1.04. The van der Waals surface area contributed by atoms with Crippen LogP contribution in [0.4, 0.5) is 18.9 Å². The fourth-order valence-electron chi connectivity index (χ4n) is 0.810. The normalized spacial score (nSPS) is 10.5. The third-order valence-corrected chi connectivity index (χ3v) is 1.64. The summed E-state index contributed by atoms with van der Waals surface area (Å²) in [6.45, 7) is 0. The van der Waals surface area contributed by atoms with E-state index in [4.69, 9.17) is 17.4 Å². The molecule has 0 aromatic heterocycles. The molecule has 0 radical (unpaired) electrons. The molecule has 0 atom stereocenters. The minimum Gasteiger partial charge on any atom is -0.406 e. The zero-order valence-electron chi connectivity index (χ0n) is 7.14. The number of ether oxygens (including phenoxy) is 1. The summed E-state index contributed by atoms with van der Waals surface area (Å²) >= 11 is 5.57. The van der Waals surface area contributed by atoms with Gasteiger partial charge in [-0.15, -0.1) is 25.6 Å². The number of hydrogen-bond acceptors (Lipinski definition) is 3. The van der Waals surface area contributed by atoms with Crippen molar-refractivity contribution in [3.63, 3.8) is 0 Å². The van der Waals surface area contributed by atoms with Crippen LogP contribution >= 0.6 is 24.0 Å². The number of anilines is 1. The molecule has 0 amide bonds. The quantitative estimate of drug-likeness (QED) is 0.637. The molecule has 86 valence electrons. The van der Waals surface area contributed by atoms with Gasteiger partial charge in [0.25, 0.3) is 0 Å². The van der Waals surface area contributed by atoms with Crippen LogP contribution < -0.4 is 16.0 Å². The summed E-state index contributed by atoms with van der Waals surface area (Å²) < 4.78 is 38.9. The highest BCUT2D eigenvalue weighted by Crippen LogP contribution is 2.29. The summed E-state index contributed by atoms with van der Waals surface area (Å²) in [5.74, 6) is 4.64. The van der Waals surface area contributed by atoms with Crippen LogP contribution in [0.15, 0.2) is 18.2 Å². The van der Waals surface area contributed by atoms with Crippen LogP contribution in [0.1, 0.15) is 0 Å². The summed E-state index contributed by atoms with van der Waals surface area (Å²) in [7, 11) is 0. The second-order valence-corrected chi connectivity index (χ2v) is 2.74. The van der Waals surface area contributed by atoms with E-state index >= 15 is 0 Å². The Kier molecular flexibility index (Phi) is 4.99. The first kappa shape index (κ1) is 14.2. The standard InChI is InChI=1S/C7H6ClF3N2O.ClH/c8-5-3-4(14-7(9,10)11)1-2-6(5)13-12;/h1-3,13H,12H2;1H. The maximum atomic E-state index is 11.7. The Bertz CT molecular complexity index is 333. The molecule has 8 heteroatoms. The maximum absolute atomic E-state index is 11.7. The highest BCUT2D eigenvalue weighted by atomic mass is 35.5. The monoisotopic (exact) mass is 262 g/mol. The van der Waals surface area contributed by atoms with Gasteiger partial charge < -0.3 is 10.2 Å². The van der Waals surface area contributed by atoms with Crippen LogP contribution in [0.3, 0.4) is 0 Å². The van der Waals surface area contributed by atoms with E-state index in [2.05, 4.69) is 10.2 Å². The molecule has 0 aliphatic heterocycles. The number of nitrogens with one attached hydrogen (secondary N) is 1. The molecule has 1 rings (SSSR count). The largest absolute Gasteiger partial charge is 0.573 e. The topological polar surface area (TPSA) is 47.3 Å². The molecule has 0 aliphatic rings. The van der Waals surface area contributed by atoms with Crippen LogP contribution in [0.2, 0.25) is 5.02 Å². The van der Waals surface area contributed by atoms with Gasteiger partial charge in [0.1, 0.15) is 5.75 Å². The Morgan fingerprint density at radius 2 is 1.93 bits per heavy atom. The lowest BCUT2D eigenvalue weighted by molar-refractivity contribution is -0.274. The molecule has 0 heterocycles. The Hall–Kier alpha value is -0.850. The van der Waals surface area contributed by atoms with Crippen molar-refractivity contribution < 1.29 is 17.9 Å². The van der Waals surface area contributed by atoms with Gasteiger partial charge in [-0.25, -0.2) is 0 Å². The van der Waals surface area contributed by atoms with Crippen molar-refractivity contribution in [1.29, 1.82) is 0 Å². The molecule has 1 aromatic carbocycles. The lowest BCUT2D eigenvalue weighted by Gasteiger charge is -2.10. The molecule has 0 aliphatic carbocycles. The average Bonchev–Trinajstić information content (AvgIpc) is 2.01. The molecule has 3 N–H and O–H groups in total. The SMILES string of the molecule is Cl.NNc1ccc(OC(F)(F)F)cc1Cl. The molecular weight excluding hydrogens is 256 g/mol. The van der Waals surface area contributed by atoms with Crippen molar-refractivity contribution in [1.82, 2.24) is 0 Å². The van der Waals surface area contributed by atoms with Crippen LogP contribution in [0, 0.1) is 0 Å². The van der Waals surface area contributed by atoms with Crippen molar-refractivity contribution in [2.45, 2.75) is 6.36 Å². The van der Waals surface area contributed by atoms with Gasteiger partial charge in [-0.05, 0) is 12.1 Å². The van der Waals surface area contributed by atoms with Gasteiger partial charge in [0.2, 0.25) is 0 Å². The van der Waals surface area contributed by atoms with E-state index in [0.717, 1.165) is 12.1 Å². The summed E-state index contributed by atoms with van der Waals surface area (Å²) in [5.41, 5.74) is 2.54. The van der Waals surface area contributed by atoms with E-state index in [1.165, 1.54) is 6.07 Å². The van der Waals surface area contributed by atoms with Gasteiger partial charge in [-0.3, -0.25) is 5.84 Å². The van der Waals surface area contributed by atoms with Gasteiger partial charge >= 0.3 is 6.36 Å². The van der Waals surface area contributed by atoms with E-state index in [-0.39, 0.29) is 23.2 Å². The molecule has 0 saturated carbocycles. The van der Waals surface area contributed by atoms with Gasteiger partial charge in [0.05, 0.1) is 10.7 Å². The summed E-state index contributed by atoms with van der Waals surface area (Å²) in [6.07, 6.45) is -4.72. The third-order valence-electron chi connectivity index (χ3n) is 1.33. The highest BCUT2D eigenvalue weighted by Gasteiger charge is 2.31. The summed E-state index contributed by atoms with van der Waals surface area (Å²) in [4.78, 5) is 0. The molecule has 0 spiro atoms. The Morgan fingerprint density at radius 1 is 1.33 bits per heavy atom. The lowest BCUT2D eigenvalue weighted by atomic mass is 10.3. The fraction of sp³-hybridized carbons (Fsp3) is 0.143. The van der Waals surface area contributed by atoms with Crippen LogP contribution in [-0.4, -0.2) is 6.36 Å². The number of nitrogen functional groups attached to an aromatic ring is 1. The minimum atomic E-state index is -4.72. The smallest absolute Gasteiger partial charge is 0.406 e. The van der Waals surface area contributed by atoms with E-state index in [1.807, 2.05) is 0 Å². The lowest BCUT2D eigenvalue weighted by Crippen LogP contribution is -2.17. The number of hydrogen-bond donors (Lipinski definition) is 2. The van der Waals surface area contributed by atoms with Crippen LogP contribution in [0.5, 0.6) is 5.75 Å². The molecular formula is C7H7Cl2F3N2O. The van der Waals surface area contributed by atoms with Gasteiger partial charge in [-0.2, -0.15) is 0 Å². The van der Waals surface area contributed by atoms with Gasteiger partial charge in [0.15, 0.2) is 0 Å². The van der Waals surface area contributed by atoms with Crippen molar-refractivity contribution in [3.05, 3.63) is 23.2 Å². The molecule has 0 bridgehead atoms. The van der Waals surface area contributed by atoms with E-state index in [9.17, 15) is 13.2 Å². The molecule has 0 fully saturated rings. The van der Waals surface area contributed by atoms with Crippen molar-refractivity contribution in [2.24, 2.45) is 5.84 Å². The molecule has 3 nitrogen and oxygen atoms in total. The second-order valence-electron chi connectivity index (χ2n) is 2.33. The number of halogens is 5. The number of hydrazine groups is 1. The van der Waals surface area contributed by atoms with Crippen LogP contribution in [-0.2, 0) is 0 Å². The van der Waals surface area contributed by atoms with Gasteiger partial charge in [0, 0.05) is 6.07 Å². The summed E-state index contributed by atoms with van der Waals surface area (Å²) in [6, 6.07) is 3.40. The zero-order chi connectivity index (χ0) is 10.8. The number of benzene rings is 1. The number of nitrogens with two attached hydrogens (primary N) is 1. The first-order valence-electron chi connectivity index (χ1n) is 3.44. The van der Waals surface area contributed by atoms with Crippen LogP contribution in [0.25, 0.3) is 0 Å². The average molecular weight is 263 g/mol. The predicted molar refractivity (Wildman–Crippen MR) is 53.2 cm³/mol.